The summed E-state index contributed by atoms with van der Waals surface area (Å²) in [4.78, 5) is 18.3. The molecule has 8 aromatic rings. The van der Waals surface area contributed by atoms with Crippen LogP contribution in [0, 0.1) is 13.8 Å². The van der Waals surface area contributed by atoms with Gasteiger partial charge < -0.3 is 29.2 Å². The Morgan fingerprint density at radius 3 is 2.29 bits per heavy atom. The molecule has 382 valence electrons. The van der Waals surface area contributed by atoms with E-state index in [0.717, 1.165) is 61.3 Å². The molecule has 2 aliphatic rings. The first kappa shape index (κ1) is 48.9. The number of likely N-dealkylation sites (N-methyl/N-ethyl adjacent to an activating group) is 2. The van der Waals surface area contributed by atoms with Gasteiger partial charge in [-0.1, -0.05) is 0 Å². The first-order valence-electron chi connectivity index (χ1n) is 24.4. The summed E-state index contributed by atoms with van der Waals surface area (Å²) in [5.74, 6) is 2.07. The second-order valence-electron chi connectivity index (χ2n) is 18.3. The lowest BCUT2D eigenvalue weighted by molar-refractivity contribution is 0.202. The van der Waals surface area contributed by atoms with Crippen molar-refractivity contribution in [2.24, 2.45) is 12.0 Å². The van der Waals surface area contributed by atoms with Gasteiger partial charge in [-0.15, -0.1) is 10.2 Å². The van der Waals surface area contributed by atoms with Gasteiger partial charge in [0.15, 0.2) is 5.75 Å². The van der Waals surface area contributed by atoms with Gasteiger partial charge in [-0.2, -0.15) is 20.4 Å². The highest BCUT2D eigenvalue weighted by Crippen LogP contribution is 2.38. The number of aromatic nitrogens is 14. The molecule has 0 saturated heterocycles. The fourth-order valence-electron chi connectivity index (χ4n) is 9.44. The topological polar surface area (TPSA) is 240 Å². The van der Waals surface area contributed by atoms with E-state index in [4.69, 9.17) is 54.4 Å². The van der Waals surface area contributed by atoms with Crippen LogP contribution < -0.4 is 18.9 Å². The number of hydrogen-bond donors (Lipinski definition) is 3. The van der Waals surface area contributed by atoms with Crippen LogP contribution in [0.2, 0.25) is 0 Å². The van der Waals surface area contributed by atoms with E-state index in [2.05, 4.69) is 25.0 Å². The molecule has 0 radical (unpaired) electrons. The zero-order valence-electron chi connectivity index (χ0n) is 42.4. The lowest BCUT2D eigenvalue weighted by atomic mass is 10.1. The van der Waals surface area contributed by atoms with E-state index in [0.29, 0.717) is 97.8 Å². The number of aliphatic hydroxyl groups excluding tert-OH is 2. The highest BCUT2D eigenvalue weighted by atomic mass is 16.5. The summed E-state index contributed by atoms with van der Waals surface area (Å²) in [7, 11) is 7.63. The third kappa shape index (κ3) is 9.46. The van der Waals surface area contributed by atoms with Gasteiger partial charge in [0.05, 0.1) is 112 Å². The zero-order chi connectivity index (χ0) is 50.9. The van der Waals surface area contributed by atoms with Gasteiger partial charge in [0.25, 0.3) is 0 Å². The van der Waals surface area contributed by atoms with Crippen molar-refractivity contribution in [1.82, 2.24) is 78.9 Å². The molecule has 23 nitrogen and oxygen atoms in total. The standard InChI is InChI=1S/C50H61N17O6/c1-9-70-48-33-11-13-38-36-23-40(46-47(32(4)56-63(46)8)71-20-16-61(6)26-43(33)64(59-48)15-18-68)53-25-42(36)65(58-38)29-66-50-45(31(3)57-66)39-22-35-37(54-55-41(35)24-52-39)12-10-34-44(27-62(7)17-21-73-50)67(30(2)28-69)60-49(34)72-19-14-51-5/h10-14,22-25,30,68-69H,9,15-21,26-29H2,1-8H3,(H,54,55)/b12-10+,13-11+,51-14?/t30-/m0/s1. The number of nitrogens with zero attached hydrogens (tertiary/aromatic N) is 16. The molecular weight excluding hydrogens is 935 g/mol. The summed E-state index contributed by atoms with van der Waals surface area (Å²) in [6, 6.07) is 3.70. The molecule has 10 rings (SSSR count). The fourth-order valence-corrected chi connectivity index (χ4v) is 9.44. The Kier molecular flexibility index (Phi) is 13.9. The molecule has 0 spiro atoms. The maximum atomic E-state index is 10.3. The predicted molar refractivity (Wildman–Crippen MR) is 276 cm³/mol. The second kappa shape index (κ2) is 20.8. The molecule has 0 saturated carbocycles. The van der Waals surface area contributed by atoms with E-state index in [-0.39, 0.29) is 39.1 Å². The van der Waals surface area contributed by atoms with Crippen LogP contribution in [0.25, 0.3) is 68.8 Å². The smallest absolute Gasteiger partial charge is 0.240 e. The maximum absolute atomic E-state index is 10.3. The Morgan fingerprint density at radius 1 is 0.795 bits per heavy atom. The normalized spacial score (nSPS) is 16.0. The summed E-state index contributed by atoms with van der Waals surface area (Å²) < 4.78 is 34.7. The Morgan fingerprint density at radius 2 is 1.52 bits per heavy atom. The van der Waals surface area contributed by atoms with Crippen LogP contribution in [0.15, 0.2) is 29.5 Å². The van der Waals surface area contributed by atoms with Crippen molar-refractivity contribution in [2.45, 2.75) is 60.0 Å². The van der Waals surface area contributed by atoms with Gasteiger partial charge >= 0.3 is 0 Å². The molecule has 2 aliphatic heterocycles. The summed E-state index contributed by atoms with van der Waals surface area (Å²) in [6.07, 6.45) is 13.1. The zero-order valence-corrected chi connectivity index (χ0v) is 42.4. The van der Waals surface area contributed by atoms with Gasteiger partial charge in [-0.3, -0.25) is 43.9 Å². The highest BCUT2D eigenvalue weighted by molar-refractivity contribution is 5.93. The number of rotatable bonds is 11. The molecule has 10 heterocycles. The fraction of sp³-hybridized carbons (Fsp3) is 0.420. The third-order valence-corrected chi connectivity index (χ3v) is 13.1. The van der Waals surface area contributed by atoms with Crippen molar-refractivity contribution in [2.75, 3.05) is 73.9 Å². The van der Waals surface area contributed by atoms with E-state index in [9.17, 15) is 10.2 Å². The Bertz CT molecular complexity index is 3390. The number of ether oxygens (including phenoxy) is 4. The quantitative estimate of drug-likeness (QED) is 0.151. The van der Waals surface area contributed by atoms with Crippen LogP contribution in [0.5, 0.6) is 23.4 Å². The Balaban J connectivity index is 1.09. The van der Waals surface area contributed by atoms with E-state index < -0.39 is 0 Å². The molecule has 0 aromatic carbocycles. The summed E-state index contributed by atoms with van der Waals surface area (Å²) in [5, 5.41) is 54.7. The first-order valence-corrected chi connectivity index (χ1v) is 24.4. The van der Waals surface area contributed by atoms with E-state index in [1.807, 2.05) is 110 Å². The van der Waals surface area contributed by atoms with Gasteiger partial charge in [0.1, 0.15) is 37.9 Å². The van der Waals surface area contributed by atoms with Gasteiger partial charge in [-0.05, 0) is 78.2 Å². The molecule has 8 aromatic heterocycles. The van der Waals surface area contributed by atoms with E-state index in [1.54, 1.807) is 24.1 Å². The second-order valence-corrected chi connectivity index (χ2v) is 18.3. The summed E-state index contributed by atoms with van der Waals surface area (Å²) >= 11 is 0. The molecule has 23 heteroatoms. The number of aromatic amines is 1. The third-order valence-electron chi connectivity index (χ3n) is 13.1. The van der Waals surface area contributed by atoms with Gasteiger partial charge in [-0.25, -0.2) is 9.36 Å². The van der Waals surface area contributed by atoms with Crippen LogP contribution in [-0.4, -0.2) is 169 Å². The average Bonchev–Trinajstić information content (AvgIpc) is 4.21. The number of H-pyrrole nitrogens is 1. The van der Waals surface area contributed by atoms with E-state index >= 15 is 0 Å². The Hall–Kier alpha value is -7.73. The van der Waals surface area contributed by atoms with Crippen LogP contribution in [0.1, 0.15) is 65.2 Å². The lowest BCUT2D eigenvalue weighted by Crippen LogP contribution is -2.27. The van der Waals surface area contributed by atoms with Gasteiger partial charge in [0, 0.05) is 57.3 Å². The predicted octanol–water partition coefficient (Wildman–Crippen LogP) is 4.50. The van der Waals surface area contributed by atoms with Crippen molar-refractivity contribution in [3.8, 4) is 46.0 Å². The monoisotopic (exact) mass is 995 g/mol. The molecule has 0 amide bonds. The van der Waals surface area contributed by atoms with Gasteiger partial charge in [0.2, 0.25) is 17.6 Å². The SMILES string of the molecule is CCOc1nn(CCO)c2c1/C=C/c1nn(Cn3nc(C)c4c3OCCN(C)Cc3c(c(OCC=NC)nn3[C@@H](C)CO)/C=C/c3n[nH]c5cnc-4cc35)c3cnc(cc13)-c1c(c(C)nn1C)OCCN(C)C2. The maximum Gasteiger partial charge on any atom is 0.240 e. The van der Waals surface area contributed by atoms with Crippen molar-refractivity contribution in [3.63, 3.8) is 0 Å². The minimum Gasteiger partial charge on any atom is -0.488 e. The molecular formula is C50H61N17O6. The largest absolute Gasteiger partial charge is 0.488 e. The number of nitrogens with one attached hydrogen (secondary N) is 1. The van der Waals surface area contributed by atoms with Crippen molar-refractivity contribution < 1.29 is 29.2 Å². The number of aliphatic imine (C=N–C) groups is 1. The molecule has 0 fully saturated rings. The Labute approximate surface area is 421 Å². The molecule has 3 N–H and O–H groups in total. The number of hydrogen-bond acceptors (Lipinski definition) is 17. The van der Waals surface area contributed by atoms with Crippen LogP contribution >= 0.6 is 0 Å². The highest BCUT2D eigenvalue weighted by Gasteiger charge is 2.27. The first-order chi connectivity index (χ1) is 35.5. The number of aliphatic hydroxyl groups is 2. The van der Waals surface area contributed by atoms with Crippen LogP contribution in [-0.2, 0) is 33.4 Å². The summed E-state index contributed by atoms with van der Waals surface area (Å²) in [5.41, 5.74) is 10.4. The molecule has 1 atom stereocenters. The average molecular weight is 996 g/mol. The number of fused-ring (bicyclic) bond motifs is 8. The van der Waals surface area contributed by atoms with Crippen molar-refractivity contribution in [1.29, 1.82) is 0 Å². The minimum absolute atomic E-state index is 0.0852. The minimum atomic E-state index is -0.323. The summed E-state index contributed by atoms with van der Waals surface area (Å²) in [6.45, 7) is 11.4. The van der Waals surface area contributed by atoms with E-state index in [1.165, 1.54) is 0 Å². The molecule has 0 aliphatic carbocycles. The molecule has 0 unspecified atom stereocenters. The van der Waals surface area contributed by atoms with Crippen molar-refractivity contribution in [3.05, 3.63) is 69.8 Å². The number of aryl methyl sites for hydroxylation is 3. The number of pyridine rings is 2. The van der Waals surface area contributed by atoms with Crippen LogP contribution in [0.3, 0.4) is 0 Å². The van der Waals surface area contributed by atoms with Crippen LogP contribution in [0.4, 0.5) is 0 Å². The van der Waals surface area contributed by atoms with Crippen molar-refractivity contribution >= 4 is 52.3 Å². The molecule has 73 heavy (non-hydrogen) atoms. The lowest BCUT2D eigenvalue weighted by Gasteiger charge is -2.20. The molecule has 4 bridgehead atoms.